The van der Waals surface area contributed by atoms with Gasteiger partial charge in [0.15, 0.2) is 5.96 Å². The van der Waals surface area contributed by atoms with Gasteiger partial charge < -0.3 is 10.6 Å². The van der Waals surface area contributed by atoms with Gasteiger partial charge in [0, 0.05) is 13.1 Å². The van der Waals surface area contributed by atoms with Crippen LogP contribution in [0.5, 0.6) is 0 Å². The van der Waals surface area contributed by atoms with Crippen LogP contribution in [-0.4, -0.2) is 28.3 Å². The molecule has 1 aromatic heterocycles. The third-order valence-corrected chi connectivity index (χ3v) is 2.44. The van der Waals surface area contributed by atoms with E-state index in [0.29, 0.717) is 6.04 Å². The second-order valence-corrected chi connectivity index (χ2v) is 3.99. The Bertz CT molecular complexity index is 385. The molecule has 0 amide bonds. The van der Waals surface area contributed by atoms with Crippen molar-refractivity contribution in [3.05, 3.63) is 17.5 Å². The van der Waals surface area contributed by atoms with Crippen molar-refractivity contribution in [3.8, 4) is 0 Å². The van der Waals surface area contributed by atoms with Crippen molar-refractivity contribution < 1.29 is 0 Å². The molecule has 0 radical (unpaired) electrons. The molecule has 1 atom stereocenters. The van der Waals surface area contributed by atoms with Crippen LogP contribution in [0, 0.1) is 6.92 Å². The van der Waals surface area contributed by atoms with Gasteiger partial charge in [-0.05, 0) is 19.9 Å². The van der Waals surface area contributed by atoms with Crippen molar-refractivity contribution in [1.29, 1.82) is 0 Å². The highest BCUT2D eigenvalue weighted by atomic mass is 127. The second-order valence-electron chi connectivity index (χ2n) is 3.99. The van der Waals surface area contributed by atoms with Crippen LogP contribution < -0.4 is 10.6 Å². The maximum atomic E-state index is 4.33. The average Bonchev–Trinajstić information content (AvgIpc) is 2.70. The van der Waals surface area contributed by atoms with Crippen molar-refractivity contribution in [3.63, 3.8) is 0 Å². The number of guanidine groups is 1. The maximum Gasteiger partial charge on any atom is 0.191 e. The third kappa shape index (κ3) is 3.10. The summed E-state index contributed by atoms with van der Waals surface area (Å²) in [6.07, 6.45) is 0. The van der Waals surface area contributed by atoms with Crippen molar-refractivity contribution >= 4 is 29.9 Å². The van der Waals surface area contributed by atoms with Gasteiger partial charge in [0.05, 0.1) is 24.5 Å². The van der Waals surface area contributed by atoms with Crippen LogP contribution >= 0.6 is 24.0 Å². The molecule has 2 N–H and O–H groups in total. The van der Waals surface area contributed by atoms with E-state index in [2.05, 4.69) is 33.7 Å². The molecular weight excluding hydrogens is 317 g/mol. The Morgan fingerprint density at radius 3 is 2.88 bits per heavy atom. The lowest BCUT2D eigenvalue weighted by Gasteiger charge is -2.08. The largest absolute Gasteiger partial charge is 0.352 e. The van der Waals surface area contributed by atoms with E-state index < -0.39 is 0 Å². The van der Waals surface area contributed by atoms with Crippen LogP contribution in [0.4, 0.5) is 0 Å². The van der Waals surface area contributed by atoms with E-state index in [1.165, 1.54) is 0 Å². The predicted molar refractivity (Wildman–Crippen MR) is 75.1 cm³/mol. The lowest BCUT2D eigenvalue weighted by molar-refractivity contribution is 0.676. The molecule has 0 fully saturated rings. The van der Waals surface area contributed by atoms with E-state index in [9.17, 15) is 0 Å². The van der Waals surface area contributed by atoms with Crippen molar-refractivity contribution in [2.45, 2.75) is 26.4 Å². The normalized spacial score (nSPS) is 18.7. The van der Waals surface area contributed by atoms with Crippen LogP contribution in [0.25, 0.3) is 0 Å². The molecule has 0 saturated heterocycles. The molecule has 1 aromatic rings. The van der Waals surface area contributed by atoms with Gasteiger partial charge in [0.1, 0.15) is 0 Å². The smallest absolute Gasteiger partial charge is 0.191 e. The van der Waals surface area contributed by atoms with E-state index in [1.54, 1.807) is 0 Å². The molecule has 90 valence electrons. The van der Waals surface area contributed by atoms with E-state index in [4.69, 9.17) is 0 Å². The first-order valence-electron chi connectivity index (χ1n) is 5.19. The zero-order chi connectivity index (χ0) is 10.8. The molecule has 16 heavy (non-hydrogen) atoms. The molecule has 0 spiro atoms. The summed E-state index contributed by atoms with van der Waals surface area (Å²) in [6, 6.07) is 2.52. The molecule has 0 bridgehead atoms. The lowest BCUT2D eigenvalue weighted by Crippen LogP contribution is -2.37. The van der Waals surface area contributed by atoms with Gasteiger partial charge >= 0.3 is 0 Å². The molecule has 1 aliphatic heterocycles. The van der Waals surface area contributed by atoms with Gasteiger partial charge in [-0.15, -0.1) is 24.0 Å². The molecule has 6 heteroatoms. The fourth-order valence-corrected chi connectivity index (χ4v) is 1.66. The highest BCUT2D eigenvalue weighted by Crippen LogP contribution is 2.01. The minimum absolute atomic E-state index is 0. The van der Waals surface area contributed by atoms with Gasteiger partial charge in [-0.25, -0.2) is 0 Å². The quantitative estimate of drug-likeness (QED) is 0.786. The van der Waals surface area contributed by atoms with Crippen LogP contribution in [0.1, 0.15) is 18.3 Å². The van der Waals surface area contributed by atoms with E-state index in [0.717, 1.165) is 30.4 Å². The Morgan fingerprint density at radius 2 is 2.38 bits per heavy atom. The summed E-state index contributed by atoms with van der Waals surface area (Å²) < 4.78 is 1.89. The summed E-state index contributed by atoms with van der Waals surface area (Å²) in [5, 5.41) is 10.8. The monoisotopic (exact) mass is 335 g/mol. The maximum absolute atomic E-state index is 4.33. The zero-order valence-corrected chi connectivity index (χ0v) is 12.1. The Morgan fingerprint density at radius 1 is 1.62 bits per heavy atom. The SMILES string of the molecule is Cc1cc(CNC2=NCC(C)N2)n(C)n1.I. The number of rotatable bonds is 2. The van der Waals surface area contributed by atoms with Gasteiger partial charge in [-0.3, -0.25) is 9.67 Å². The third-order valence-electron chi connectivity index (χ3n) is 2.44. The van der Waals surface area contributed by atoms with Gasteiger partial charge in [0.25, 0.3) is 0 Å². The summed E-state index contributed by atoms with van der Waals surface area (Å²) in [4.78, 5) is 4.33. The number of hydrogen-bond acceptors (Lipinski definition) is 4. The molecule has 2 heterocycles. The summed E-state index contributed by atoms with van der Waals surface area (Å²) in [5.74, 6) is 0.890. The number of aryl methyl sites for hydroxylation is 2. The number of nitrogens with one attached hydrogen (secondary N) is 2. The van der Waals surface area contributed by atoms with Crippen LogP contribution in [0.2, 0.25) is 0 Å². The number of halogens is 1. The Hall–Kier alpha value is -0.790. The first-order chi connectivity index (χ1) is 7.15. The Labute approximate surface area is 113 Å². The highest BCUT2D eigenvalue weighted by Gasteiger charge is 2.12. The first kappa shape index (κ1) is 13.3. The fraction of sp³-hybridized carbons (Fsp3) is 0.600. The van der Waals surface area contributed by atoms with E-state index in [1.807, 2.05) is 18.7 Å². The minimum Gasteiger partial charge on any atom is -0.352 e. The van der Waals surface area contributed by atoms with Gasteiger partial charge in [-0.2, -0.15) is 5.10 Å². The molecule has 1 unspecified atom stereocenters. The average molecular weight is 335 g/mol. The van der Waals surface area contributed by atoms with Crippen molar-refractivity contribution in [2.75, 3.05) is 6.54 Å². The highest BCUT2D eigenvalue weighted by molar-refractivity contribution is 14.0. The zero-order valence-electron chi connectivity index (χ0n) is 9.82. The van der Waals surface area contributed by atoms with Crippen LogP contribution in [0.15, 0.2) is 11.1 Å². The molecule has 0 aliphatic carbocycles. The number of hydrogen-bond donors (Lipinski definition) is 2. The molecule has 2 rings (SSSR count). The summed E-state index contributed by atoms with van der Waals surface area (Å²) in [5.41, 5.74) is 2.21. The van der Waals surface area contributed by atoms with Crippen LogP contribution in [0.3, 0.4) is 0 Å². The number of aliphatic imine (C=N–C) groups is 1. The van der Waals surface area contributed by atoms with Crippen molar-refractivity contribution in [2.24, 2.45) is 12.0 Å². The van der Waals surface area contributed by atoms with Gasteiger partial charge in [-0.1, -0.05) is 0 Å². The molecule has 0 aromatic carbocycles. The topological polar surface area (TPSA) is 54.2 Å². The predicted octanol–water partition coefficient (Wildman–Crippen LogP) is 0.784. The van der Waals surface area contributed by atoms with Gasteiger partial charge in [0.2, 0.25) is 0 Å². The Balaban J connectivity index is 0.00000128. The lowest BCUT2D eigenvalue weighted by atomic mass is 10.3. The molecule has 5 nitrogen and oxygen atoms in total. The Kier molecular flexibility index (Phi) is 4.57. The van der Waals surface area contributed by atoms with Crippen LogP contribution in [-0.2, 0) is 13.6 Å². The molecule has 0 saturated carbocycles. The minimum atomic E-state index is 0. The first-order valence-corrected chi connectivity index (χ1v) is 5.19. The fourth-order valence-electron chi connectivity index (χ4n) is 1.66. The summed E-state index contributed by atoms with van der Waals surface area (Å²) >= 11 is 0. The standard InChI is InChI=1S/C10H17N5.HI/c1-7-4-9(15(3)14-7)6-12-10-11-5-8(2)13-10;/h4,8H,5-6H2,1-3H3,(H2,11,12,13);1H. The molecule has 1 aliphatic rings. The summed E-state index contributed by atoms with van der Waals surface area (Å²) in [6.45, 7) is 5.73. The van der Waals surface area contributed by atoms with E-state index >= 15 is 0 Å². The van der Waals surface area contributed by atoms with Crippen molar-refractivity contribution in [1.82, 2.24) is 20.4 Å². The molecular formula is C10H18IN5. The summed E-state index contributed by atoms with van der Waals surface area (Å²) in [7, 11) is 1.95. The van der Waals surface area contributed by atoms with E-state index in [-0.39, 0.29) is 24.0 Å². The number of aromatic nitrogens is 2. The number of nitrogens with zero attached hydrogens (tertiary/aromatic N) is 3. The second kappa shape index (κ2) is 5.51.